The highest BCUT2D eigenvalue weighted by Gasteiger charge is 2.56. The number of rotatable bonds is 5. The lowest BCUT2D eigenvalue weighted by Gasteiger charge is -2.43. The van der Waals surface area contributed by atoms with E-state index in [0.717, 1.165) is 28.9 Å². The Morgan fingerprint density at radius 1 is 1.23 bits per heavy atom. The van der Waals surface area contributed by atoms with Crippen LogP contribution < -0.4 is 10.6 Å². The number of anilines is 1. The van der Waals surface area contributed by atoms with Crippen LogP contribution in [0.4, 0.5) is 10.5 Å². The standard InChI is InChI=1S/C23H32ClN3O3/c1-6-15-8-9-17(24)16(7-2)19(15)25-18(28)12-27-20(29)23(26-21(27)30)11-14(3)10-22(4,5)13-23/h8-9,14H,6-7,10-13H2,1-5H3,(H,25,28)(H,26,30). The smallest absolute Gasteiger partial charge is 0.324 e. The van der Waals surface area contributed by atoms with Crippen molar-refractivity contribution >= 4 is 35.1 Å². The molecule has 30 heavy (non-hydrogen) atoms. The Labute approximate surface area is 183 Å². The summed E-state index contributed by atoms with van der Waals surface area (Å²) in [5, 5.41) is 6.42. The molecule has 164 valence electrons. The lowest BCUT2D eigenvalue weighted by Crippen LogP contribution is -2.54. The van der Waals surface area contributed by atoms with Gasteiger partial charge in [-0.3, -0.25) is 14.5 Å². The molecule has 1 saturated heterocycles. The Morgan fingerprint density at radius 2 is 1.93 bits per heavy atom. The third-order valence-corrected chi connectivity index (χ3v) is 6.62. The van der Waals surface area contributed by atoms with Crippen molar-refractivity contribution in [3.63, 3.8) is 0 Å². The van der Waals surface area contributed by atoms with E-state index in [1.54, 1.807) is 0 Å². The van der Waals surface area contributed by atoms with Gasteiger partial charge in [-0.25, -0.2) is 4.79 Å². The van der Waals surface area contributed by atoms with Gasteiger partial charge >= 0.3 is 6.03 Å². The van der Waals surface area contributed by atoms with Crippen LogP contribution in [-0.2, 0) is 22.4 Å². The molecule has 6 nitrogen and oxygen atoms in total. The second-order valence-corrected chi connectivity index (χ2v) is 9.98. The van der Waals surface area contributed by atoms with Crippen molar-refractivity contribution < 1.29 is 14.4 Å². The van der Waals surface area contributed by atoms with E-state index in [9.17, 15) is 14.4 Å². The Kier molecular flexibility index (Phi) is 6.19. The zero-order chi connectivity index (χ0) is 22.3. The van der Waals surface area contributed by atoms with Gasteiger partial charge in [-0.2, -0.15) is 0 Å². The normalized spacial score (nSPS) is 25.5. The summed E-state index contributed by atoms with van der Waals surface area (Å²) in [5.74, 6) is -0.373. The number of imide groups is 1. The molecule has 1 heterocycles. The largest absolute Gasteiger partial charge is 0.325 e. The first-order valence-electron chi connectivity index (χ1n) is 10.8. The Balaban J connectivity index is 1.79. The van der Waals surface area contributed by atoms with Gasteiger partial charge in [0.25, 0.3) is 5.91 Å². The van der Waals surface area contributed by atoms with Crippen LogP contribution in [0.1, 0.15) is 65.0 Å². The Morgan fingerprint density at radius 3 is 2.53 bits per heavy atom. The maximum Gasteiger partial charge on any atom is 0.325 e. The molecule has 1 saturated carbocycles. The number of hydrogen-bond acceptors (Lipinski definition) is 3. The van der Waals surface area contributed by atoms with Crippen LogP contribution in [0, 0.1) is 11.3 Å². The summed E-state index contributed by atoms with van der Waals surface area (Å²) in [7, 11) is 0. The van der Waals surface area contributed by atoms with Gasteiger partial charge in [0.15, 0.2) is 0 Å². The van der Waals surface area contributed by atoms with E-state index in [4.69, 9.17) is 11.6 Å². The summed E-state index contributed by atoms with van der Waals surface area (Å²) in [6.07, 6.45) is 3.60. The van der Waals surface area contributed by atoms with Gasteiger partial charge in [-0.15, -0.1) is 0 Å². The number of halogens is 1. The van der Waals surface area contributed by atoms with Crippen LogP contribution in [0.2, 0.25) is 5.02 Å². The minimum absolute atomic E-state index is 0.0499. The van der Waals surface area contributed by atoms with Gasteiger partial charge in [0.2, 0.25) is 5.91 Å². The topological polar surface area (TPSA) is 78.5 Å². The number of aryl methyl sites for hydroxylation is 1. The molecule has 1 aliphatic heterocycles. The molecule has 1 spiro atoms. The number of benzene rings is 1. The first-order valence-corrected chi connectivity index (χ1v) is 11.1. The summed E-state index contributed by atoms with van der Waals surface area (Å²) in [5.41, 5.74) is 1.57. The molecule has 2 unspecified atom stereocenters. The van der Waals surface area contributed by atoms with Crippen molar-refractivity contribution in [2.75, 3.05) is 11.9 Å². The summed E-state index contributed by atoms with van der Waals surface area (Å²) in [6.45, 7) is 10.0. The number of carbonyl (C=O) groups is 3. The molecule has 0 bridgehead atoms. The molecule has 0 radical (unpaired) electrons. The number of nitrogens with zero attached hydrogens (tertiary/aromatic N) is 1. The number of nitrogens with one attached hydrogen (secondary N) is 2. The zero-order valence-electron chi connectivity index (χ0n) is 18.5. The van der Waals surface area contributed by atoms with E-state index in [1.165, 1.54) is 0 Å². The van der Waals surface area contributed by atoms with Gasteiger partial charge in [-0.05, 0) is 60.6 Å². The SMILES string of the molecule is CCc1ccc(Cl)c(CC)c1NC(=O)CN1C(=O)NC2(CC(C)CC(C)(C)C2)C1=O. The minimum Gasteiger partial charge on any atom is -0.324 e. The van der Waals surface area contributed by atoms with E-state index in [2.05, 4.69) is 31.4 Å². The fourth-order valence-corrected chi connectivity index (χ4v) is 5.73. The first kappa shape index (κ1) is 22.6. The van der Waals surface area contributed by atoms with Crippen LogP contribution in [0.15, 0.2) is 12.1 Å². The Bertz CT molecular complexity index is 883. The van der Waals surface area contributed by atoms with E-state index < -0.39 is 17.5 Å². The van der Waals surface area contributed by atoms with E-state index >= 15 is 0 Å². The van der Waals surface area contributed by atoms with Crippen molar-refractivity contribution in [3.8, 4) is 0 Å². The van der Waals surface area contributed by atoms with E-state index in [0.29, 0.717) is 35.9 Å². The summed E-state index contributed by atoms with van der Waals surface area (Å²) in [4.78, 5) is 39.8. The van der Waals surface area contributed by atoms with Crippen LogP contribution >= 0.6 is 11.6 Å². The second-order valence-electron chi connectivity index (χ2n) is 9.57. The highest BCUT2D eigenvalue weighted by molar-refractivity contribution is 6.32. The molecule has 2 atom stereocenters. The van der Waals surface area contributed by atoms with Crippen molar-refractivity contribution in [2.45, 2.75) is 72.3 Å². The van der Waals surface area contributed by atoms with Crippen LogP contribution in [0.3, 0.4) is 0 Å². The Hall–Kier alpha value is -2.08. The molecule has 1 aliphatic carbocycles. The molecule has 4 amide bonds. The summed E-state index contributed by atoms with van der Waals surface area (Å²) in [6, 6.07) is 3.24. The molecule has 2 fully saturated rings. The fourth-order valence-electron chi connectivity index (χ4n) is 5.44. The molecule has 1 aromatic rings. The average Bonchev–Trinajstić information content (AvgIpc) is 2.83. The average molecular weight is 434 g/mol. The lowest BCUT2D eigenvalue weighted by molar-refractivity contribution is -0.136. The van der Waals surface area contributed by atoms with E-state index in [1.807, 2.05) is 26.0 Å². The molecule has 2 N–H and O–H groups in total. The van der Waals surface area contributed by atoms with Crippen molar-refractivity contribution in [2.24, 2.45) is 11.3 Å². The number of urea groups is 1. The number of carbonyl (C=O) groups excluding carboxylic acids is 3. The molecular formula is C23H32ClN3O3. The third-order valence-electron chi connectivity index (χ3n) is 6.27. The van der Waals surface area contributed by atoms with E-state index in [-0.39, 0.29) is 17.9 Å². The summed E-state index contributed by atoms with van der Waals surface area (Å²) < 4.78 is 0. The predicted molar refractivity (Wildman–Crippen MR) is 119 cm³/mol. The van der Waals surface area contributed by atoms with Gasteiger partial charge < -0.3 is 10.6 Å². The number of hydrogen-bond donors (Lipinski definition) is 2. The van der Waals surface area contributed by atoms with Gasteiger partial charge in [0.05, 0.1) is 0 Å². The number of amides is 4. The molecule has 0 aromatic heterocycles. The fraction of sp³-hybridized carbons (Fsp3) is 0.609. The summed E-state index contributed by atoms with van der Waals surface area (Å²) >= 11 is 6.32. The first-order chi connectivity index (χ1) is 14.0. The van der Waals surface area contributed by atoms with Crippen molar-refractivity contribution in [3.05, 3.63) is 28.3 Å². The maximum atomic E-state index is 13.3. The highest BCUT2D eigenvalue weighted by atomic mass is 35.5. The van der Waals surface area contributed by atoms with Crippen LogP contribution in [0.5, 0.6) is 0 Å². The third kappa shape index (κ3) is 4.20. The molecular weight excluding hydrogens is 402 g/mol. The van der Waals surface area contributed by atoms with Crippen molar-refractivity contribution in [1.82, 2.24) is 10.2 Å². The maximum absolute atomic E-state index is 13.3. The van der Waals surface area contributed by atoms with Gasteiger partial charge in [0.1, 0.15) is 12.1 Å². The minimum atomic E-state index is -0.905. The van der Waals surface area contributed by atoms with Gasteiger partial charge in [-0.1, -0.05) is 52.3 Å². The zero-order valence-corrected chi connectivity index (χ0v) is 19.3. The monoisotopic (exact) mass is 433 g/mol. The molecule has 1 aromatic carbocycles. The lowest BCUT2D eigenvalue weighted by atomic mass is 9.64. The van der Waals surface area contributed by atoms with Gasteiger partial charge in [0, 0.05) is 10.7 Å². The van der Waals surface area contributed by atoms with Crippen molar-refractivity contribution in [1.29, 1.82) is 0 Å². The van der Waals surface area contributed by atoms with Crippen LogP contribution in [0.25, 0.3) is 0 Å². The predicted octanol–water partition coefficient (Wildman–Crippen LogP) is 4.54. The second kappa shape index (κ2) is 8.22. The molecule has 3 rings (SSSR count). The van der Waals surface area contributed by atoms with Crippen LogP contribution in [-0.4, -0.2) is 34.8 Å². The highest BCUT2D eigenvalue weighted by Crippen LogP contribution is 2.46. The molecule has 7 heteroatoms. The molecule has 2 aliphatic rings. The quantitative estimate of drug-likeness (QED) is 0.669.